The predicted molar refractivity (Wildman–Crippen MR) is 65.0 cm³/mol. The van der Waals surface area contributed by atoms with Crippen LogP contribution in [0.4, 0.5) is 0 Å². The Balaban J connectivity index is 1.71. The minimum absolute atomic E-state index is 0.0837. The van der Waals surface area contributed by atoms with Crippen LogP contribution in [-0.4, -0.2) is 18.1 Å². The van der Waals surface area contributed by atoms with E-state index in [-0.39, 0.29) is 18.1 Å². The normalized spacial score (nSPS) is 46.0. The topological polar surface area (TPSA) is 52.3 Å². The summed E-state index contributed by atoms with van der Waals surface area (Å²) in [5.74, 6) is 2.01. The molecule has 0 amide bonds. The summed E-state index contributed by atoms with van der Waals surface area (Å²) in [5.41, 5.74) is 6.58. The van der Waals surface area contributed by atoms with Crippen LogP contribution < -0.4 is 5.73 Å². The Hall–Kier alpha value is -1.09. The number of carbonyl (C=O) groups is 1. The lowest BCUT2D eigenvalue weighted by molar-refractivity contribution is -0.147. The molecule has 92 valence electrons. The molecule has 2 N–H and O–H groups in total. The van der Waals surface area contributed by atoms with Crippen LogP contribution in [0.2, 0.25) is 0 Å². The van der Waals surface area contributed by atoms with Crippen molar-refractivity contribution in [1.82, 2.24) is 0 Å². The van der Waals surface area contributed by atoms with Crippen molar-refractivity contribution in [2.24, 2.45) is 29.4 Å². The summed E-state index contributed by atoms with van der Waals surface area (Å²) >= 11 is 0. The maximum absolute atomic E-state index is 11.6. The standard InChI is InChI=1S/C14H19NO2/c1-7(2)14(16)17-12-6-8-5-10(12)9-3-4-11(15)13(8)9/h3-4,8-13H,1,5-6,15H2,2H3/t8?,9-,10?,11?,12?,13?/m0/s1. The van der Waals surface area contributed by atoms with Gasteiger partial charge < -0.3 is 10.5 Å². The molecule has 0 aromatic rings. The first-order valence-corrected chi connectivity index (χ1v) is 6.38. The number of allylic oxidation sites excluding steroid dienone is 1. The first-order valence-electron chi connectivity index (χ1n) is 6.38. The summed E-state index contributed by atoms with van der Waals surface area (Å²) < 4.78 is 5.54. The fraction of sp³-hybridized carbons (Fsp3) is 0.643. The zero-order valence-corrected chi connectivity index (χ0v) is 10.1. The largest absolute Gasteiger partial charge is 0.459 e. The van der Waals surface area contributed by atoms with Gasteiger partial charge in [-0.1, -0.05) is 18.7 Å². The first-order chi connectivity index (χ1) is 8.08. The lowest BCUT2D eigenvalue weighted by Gasteiger charge is -2.32. The molecule has 3 aliphatic carbocycles. The highest BCUT2D eigenvalue weighted by atomic mass is 16.5. The smallest absolute Gasteiger partial charge is 0.333 e. The van der Waals surface area contributed by atoms with E-state index in [2.05, 4.69) is 18.7 Å². The molecule has 0 spiro atoms. The Labute approximate surface area is 102 Å². The second kappa shape index (κ2) is 3.70. The Bertz CT molecular complexity index is 401. The van der Waals surface area contributed by atoms with Gasteiger partial charge in [-0.25, -0.2) is 4.79 Å². The summed E-state index contributed by atoms with van der Waals surface area (Å²) in [7, 11) is 0. The van der Waals surface area contributed by atoms with Gasteiger partial charge in [0.1, 0.15) is 6.10 Å². The molecule has 2 saturated carbocycles. The van der Waals surface area contributed by atoms with Gasteiger partial charge in [-0.05, 0) is 37.5 Å². The van der Waals surface area contributed by atoms with Gasteiger partial charge in [-0.3, -0.25) is 0 Å². The zero-order valence-electron chi connectivity index (χ0n) is 10.1. The number of fused-ring (bicyclic) bond motifs is 5. The van der Waals surface area contributed by atoms with Crippen LogP contribution in [0.3, 0.4) is 0 Å². The Morgan fingerprint density at radius 2 is 2.18 bits per heavy atom. The van der Waals surface area contributed by atoms with Gasteiger partial charge in [0.05, 0.1) is 0 Å². The van der Waals surface area contributed by atoms with Gasteiger partial charge in [0, 0.05) is 17.5 Å². The van der Waals surface area contributed by atoms with Crippen molar-refractivity contribution < 1.29 is 9.53 Å². The van der Waals surface area contributed by atoms with Crippen LogP contribution in [0.5, 0.6) is 0 Å². The molecule has 3 nitrogen and oxygen atoms in total. The van der Waals surface area contributed by atoms with Crippen molar-refractivity contribution in [2.45, 2.75) is 31.9 Å². The Morgan fingerprint density at radius 3 is 2.88 bits per heavy atom. The van der Waals surface area contributed by atoms with Crippen molar-refractivity contribution in [3.63, 3.8) is 0 Å². The maximum Gasteiger partial charge on any atom is 0.333 e. The maximum atomic E-state index is 11.6. The molecular weight excluding hydrogens is 214 g/mol. The predicted octanol–water partition coefficient (Wildman–Crippen LogP) is 1.64. The summed E-state index contributed by atoms with van der Waals surface area (Å²) in [4.78, 5) is 11.6. The summed E-state index contributed by atoms with van der Waals surface area (Å²) in [6.07, 6.45) is 6.60. The molecule has 5 unspecified atom stereocenters. The van der Waals surface area contributed by atoms with Gasteiger partial charge in [-0.2, -0.15) is 0 Å². The van der Waals surface area contributed by atoms with E-state index in [9.17, 15) is 4.79 Å². The second-order valence-corrected chi connectivity index (χ2v) is 5.74. The molecule has 2 bridgehead atoms. The van der Waals surface area contributed by atoms with Crippen LogP contribution in [0.15, 0.2) is 24.3 Å². The summed E-state index contributed by atoms with van der Waals surface area (Å²) in [6, 6.07) is 0.216. The molecule has 6 atom stereocenters. The van der Waals surface area contributed by atoms with Crippen molar-refractivity contribution in [3.8, 4) is 0 Å². The van der Waals surface area contributed by atoms with Crippen LogP contribution >= 0.6 is 0 Å². The zero-order chi connectivity index (χ0) is 12.2. The summed E-state index contributed by atoms with van der Waals surface area (Å²) in [6.45, 7) is 5.33. The third-order valence-electron chi connectivity index (χ3n) is 4.68. The first kappa shape index (κ1) is 11.0. The molecule has 3 heteroatoms. The highest BCUT2D eigenvalue weighted by Gasteiger charge is 2.56. The van der Waals surface area contributed by atoms with E-state index in [0.29, 0.717) is 29.2 Å². The van der Waals surface area contributed by atoms with Gasteiger partial charge in [0.15, 0.2) is 0 Å². The molecule has 0 heterocycles. The van der Waals surface area contributed by atoms with E-state index in [1.807, 2.05) is 0 Å². The van der Waals surface area contributed by atoms with Crippen molar-refractivity contribution in [1.29, 1.82) is 0 Å². The molecule has 3 aliphatic rings. The van der Waals surface area contributed by atoms with E-state index in [0.717, 1.165) is 6.42 Å². The number of hydrogen-bond acceptors (Lipinski definition) is 3. The highest BCUT2D eigenvalue weighted by Crippen LogP contribution is 2.56. The van der Waals surface area contributed by atoms with Gasteiger partial charge >= 0.3 is 5.97 Å². The second-order valence-electron chi connectivity index (χ2n) is 5.74. The fourth-order valence-corrected chi connectivity index (χ4v) is 3.99. The lowest BCUT2D eigenvalue weighted by Crippen LogP contribution is -2.38. The number of nitrogens with two attached hydrogens (primary N) is 1. The van der Waals surface area contributed by atoms with Crippen LogP contribution in [0, 0.1) is 23.7 Å². The van der Waals surface area contributed by atoms with Crippen LogP contribution in [0.25, 0.3) is 0 Å². The van der Waals surface area contributed by atoms with E-state index in [1.165, 1.54) is 6.42 Å². The lowest BCUT2D eigenvalue weighted by atomic mass is 9.78. The van der Waals surface area contributed by atoms with Gasteiger partial charge in [0.2, 0.25) is 0 Å². The van der Waals surface area contributed by atoms with Crippen molar-refractivity contribution in [2.75, 3.05) is 0 Å². The van der Waals surface area contributed by atoms with Crippen LogP contribution in [0.1, 0.15) is 19.8 Å². The third kappa shape index (κ3) is 1.56. The molecule has 0 aliphatic heterocycles. The Kier molecular flexibility index (Phi) is 2.40. The monoisotopic (exact) mass is 233 g/mol. The molecule has 0 saturated heterocycles. The molecule has 2 fully saturated rings. The number of carbonyl (C=O) groups excluding carboxylic acids is 1. The quantitative estimate of drug-likeness (QED) is 0.448. The van der Waals surface area contributed by atoms with E-state index < -0.39 is 0 Å². The van der Waals surface area contributed by atoms with Gasteiger partial charge in [-0.15, -0.1) is 0 Å². The minimum Gasteiger partial charge on any atom is -0.459 e. The summed E-state index contributed by atoms with van der Waals surface area (Å²) in [5, 5.41) is 0. The molecule has 17 heavy (non-hydrogen) atoms. The van der Waals surface area contributed by atoms with E-state index in [4.69, 9.17) is 10.5 Å². The molecule has 0 aromatic heterocycles. The molecule has 0 radical (unpaired) electrons. The number of ether oxygens (including phenoxy) is 1. The average molecular weight is 233 g/mol. The molecular formula is C14H19NO2. The highest BCUT2D eigenvalue weighted by molar-refractivity contribution is 5.87. The van der Waals surface area contributed by atoms with Gasteiger partial charge in [0.25, 0.3) is 0 Å². The number of rotatable bonds is 2. The number of hydrogen-bond donors (Lipinski definition) is 1. The SMILES string of the molecule is C=C(C)C(=O)OC1CC2CC1[C@@H]1C=CC(N)C21. The number of esters is 1. The van der Waals surface area contributed by atoms with Crippen molar-refractivity contribution >= 4 is 5.97 Å². The minimum atomic E-state index is -0.245. The molecule has 3 rings (SSSR count). The van der Waals surface area contributed by atoms with E-state index in [1.54, 1.807) is 6.92 Å². The average Bonchev–Trinajstić information content (AvgIpc) is 2.90. The fourth-order valence-electron chi connectivity index (χ4n) is 3.99. The third-order valence-corrected chi connectivity index (χ3v) is 4.68. The Morgan fingerprint density at radius 1 is 1.41 bits per heavy atom. The van der Waals surface area contributed by atoms with Crippen LogP contribution in [-0.2, 0) is 9.53 Å². The van der Waals surface area contributed by atoms with E-state index >= 15 is 0 Å². The molecule has 0 aromatic carbocycles. The van der Waals surface area contributed by atoms with Crippen molar-refractivity contribution in [3.05, 3.63) is 24.3 Å².